The molecule has 4 nitrogen and oxygen atoms in total. The van der Waals surface area contributed by atoms with Gasteiger partial charge in [-0.3, -0.25) is 4.79 Å². The summed E-state index contributed by atoms with van der Waals surface area (Å²) in [6, 6.07) is 0. The summed E-state index contributed by atoms with van der Waals surface area (Å²) in [5, 5.41) is 8.25. The fourth-order valence-corrected chi connectivity index (χ4v) is 0.940. The van der Waals surface area contributed by atoms with Gasteiger partial charge in [-0.25, -0.2) is 9.78 Å². The number of rotatable bonds is 9. The maximum absolute atomic E-state index is 10.0. The minimum Gasteiger partial charge on any atom is -0.481 e. The van der Waals surface area contributed by atoms with Crippen molar-refractivity contribution in [1.29, 1.82) is 0 Å². The molecule has 0 unspecified atom stereocenters. The maximum atomic E-state index is 10.0. The summed E-state index contributed by atoms with van der Waals surface area (Å²) in [6.45, 7) is 10.9. The second-order valence-corrected chi connectivity index (χ2v) is 5.61. The van der Waals surface area contributed by atoms with E-state index in [2.05, 4.69) is 13.8 Å². The van der Waals surface area contributed by atoms with Crippen molar-refractivity contribution in [2.45, 2.75) is 73.1 Å². The summed E-state index contributed by atoms with van der Waals surface area (Å²) in [4.78, 5) is 20.0. The van der Waals surface area contributed by atoms with E-state index in [0.717, 1.165) is 26.1 Å². The molecule has 1 N–H and O–H groups in total. The van der Waals surface area contributed by atoms with E-state index in [9.17, 15) is 4.79 Å². The fraction of sp³-hybridized carbons (Fsp3) is 0.933. The Kier molecular flexibility index (Phi) is 15.1. The lowest BCUT2D eigenvalue weighted by Gasteiger charge is -2.08. The second kappa shape index (κ2) is 13.8. The third-order valence-electron chi connectivity index (χ3n) is 2.39. The van der Waals surface area contributed by atoms with Crippen LogP contribution in [0.1, 0.15) is 73.1 Å². The average molecular weight is 276 g/mol. The van der Waals surface area contributed by atoms with Crippen molar-refractivity contribution < 1.29 is 19.7 Å². The monoisotopic (exact) mass is 276 g/mol. The molecule has 0 rings (SSSR count). The lowest BCUT2D eigenvalue weighted by molar-refractivity contribution is -0.295. The first-order chi connectivity index (χ1) is 8.86. The zero-order valence-corrected chi connectivity index (χ0v) is 13.3. The van der Waals surface area contributed by atoms with E-state index in [1.807, 2.05) is 0 Å². The Morgan fingerprint density at radius 3 is 1.42 bits per heavy atom. The molecule has 0 amide bonds. The van der Waals surface area contributed by atoms with Crippen LogP contribution in [0.15, 0.2) is 0 Å². The molecule has 0 bridgehead atoms. The van der Waals surface area contributed by atoms with Crippen molar-refractivity contribution in [2.24, 2.45) is 5.41 Å². The number of hydrogen-bond donors (Lipinski definition) is 1. The van der Waals surface area contributed by atoms with Crippen LogP contribution in [0.5, 0.6) is 0 Å². The first kappa shape index (κ1) is 20.7. The summed E-state index contributed by atoms with van der Waals surface area (Å²) in [7, 11) is 0. The lowest BCUT2D eigenvalue weighted by atomic mass is 9.98. The quantitative estimate of drug-likeness (QED) is 0.384. The number of aliphatic carboxylic acids is 1. The number of unbranched alkanes of at least 4 members (excludes halogenated alkanes) is 4. The highest BCUT2D eigenvalue weighted by Gasteiger charge is 2.18. The first-order valence-electron chi connectivity index (χ1n) is 7.34. The van der Waals surface area contributed by atoms with E-state index in [0.29, 0.717) is 0 Å². The van der Waals surface area contributed by atoms with E-state index in [1.165, 1.54) is 25.7 Å². The molecule has 0 atom stereocenters. The molecule has 0 aromatic rings. The minimum absolute atomic E-state index is 0.583. The van der Waals surface area contributed by atoms with Gasteiger partial charge in [0.15, 0.2) is 0 Å². The summed E-state index contributed by atoms with van der Waals surface area (Å²) in [6.07, 6.45) is 7.17. The van der Waals surface area contributed by atoms with Crippen LogP contribution in [0.2, 0.25) is 0 Å². The molecule has 0 fully saturated rings. The Bertz CT molecular complexity index is 187. The van der Waals surface area contributed by atoms with Gasteiger partial charge in [0.1, 0.15) is 0 Å². The van der Waals surface area contributed by atoms with Crippen molar-refractivity contribution in [3.05, 3.63) is 0 Å². The number of carboxylic acids is 1. The molecule has 0 aromatic heterocycles. The van der Waals surface area contributed by atoms with Crippen LogP contribution in [0, 0.1) is 5.41 Å². The fourth-order valence-electron chi connectivity index (χ4n) is 0.940. The molecule has 0 radical (unpaired) electrons. The highest BCUT2D eigenvalue weighted by atomic mass is 17.2. The maximum Gasteiger partial charge on any atom is 0.308 e. The standard InChI is InChI=1S/C10H22O2.C5H10O2/c1-3-5-7-9-11-12-10-8-6-4-2;1-5(2,3)4(6)7/h3-10H2,1-2H3;1-3H3,(H,6,7). The van der Waals surface area contributed by atoms with E-state index < -0.39 is 11.4 Å². The molecule has 0 aliphatic heterocycles. The van der Waals surface area contributed by atoms with E-state index in [4.69, 9.17) is 14.9 Å². The largest absolute Gasteiger partial charge is 0.481 e. The molecule has 0 heterocycles. The Morgan fingerprint density at radius 1 is 0.895 bits per heavy atom. The van der Waals surface area contributed by atoms with Crippen LogP contribution >= 0.6 is 0 Å². The Balaban J connectivity index is 0. The molecule has 4 heteroatoms. The van der Waals surface area contributed by atoms with Crippen LogP contribution in [0.25, 0.3) is 0 Å². The summed E-state index contributed by atoms with van der Waals surface area (Å²) in [5.41, 5.74) is -0.583. The van der Waals surface area contributed by atoms with Gasteiger partial charge in [-0.2, -0.15) is 0 Å². The van der Waals surface area contributed by atoms with Crippen LogP contribution in [0.3, 0.4) is 0 Å². The zero-order valence-electron chi connectivity index (χ0n) is 13.3. The van der Waals surface area contributed by atoms with Gasteiger partial charge in [0, 0.05) is 0 Å². The van der Waals surface area contributed by atoms with Crippen LogP contribution in [-0.4, -0.2) is 24.3 Å². The summed E-state index contributed by atoms with van der Waals surface area (Å²) in [5.74, 6) is -0.757. The van der Waals surface area contributed by atoms with Crippen molar-refractivity contribution in [3.8, 4) is 0 Å². The summed E-state index contributed by atoms with van der Waals surface area (Å²) >= 11 is 0. The molecule has 0 aliphatic carbocycles. The predicted octanol–water partition coefficient (Wildman–Crippen LogP) is 4.43. The highest BCUT2D eigenvalue weighted by molar-refractivity contribution is 5.72. The van der Waals surface area contributed by atoms with Gasteiger partial charge in [0.25, 0.3) is 0 Å². The minimum atomic E-state index is -0.757. The normalized spacial score (nSPS) is 10.8. The lowest BCUT2D eigenvalue weighted by Crippen LogP contribution is -2.18. The highest BCUT2D eigenvalue weighted by Crippen LogP contribution is 2.11. The molecule has 0 aliphatic rings. The van der Waals surface area contributed by atoms with Crippen molar-refractivity contribution in [2.75, 3.05) is 13.2 Å². The van der Waals surface area contributed by atoms with Crippen molar-refractivity contribution >= 4 is 5.97 Å². The molecule has 0 saturated heterocycles. The molecule has 0 aromatic carbocycles. The van der Waals surface area contributed by atoms with Gasteiger partial charge in [0.05, 0.1) is 18.6 Å². The van der Waals surface area contributed by atoms with E-state index in [-0.39, 0.29) is 0 Å². The predicted molar refractivity (Wildman–Crippen MR) is 78.0 cm³/mol. The van der Waals surface area contributed by atoms with Crippen LogP contribution in [0.4, 0.5) is 0 Å². The van der Waals surface area contributed by atoms with Crippen LogP contribution < -0.4 is 0 Å². The number of carbonyl (C=O) groups is 1. The average Bonchev–Trinajstić information content (AvgIpc) is 2.32. The third-order valence-corrected chi connectivity index (χ3v) is 2.39. The van der Waals surface area contributed by atoms with Gasteiger partial charge < -0.3 is 5.11 Å². The number of hydrogen-bond acceptors (Lipinski definition) is 3. The third kappa shape index (κ3) is 19.9. The Morgan fingerprint density at radius 2 is 1.21 bits per heavy atom. The van der Waals surface area contributed by atoms with Gasteiger partial charge in [-0.15, -0.1) is 0 Å². The molecule has 0 saturated carbocycles. The first-order valence-corrected chi connectivity index (χ1v) is 7.34. The number of carboxylic acid groups (broad SMARTS) is 1. The zero-order chi connectivity index (χ0) is 15.1. The van der Waals surface area contributed by atoms with Gasteiger partial charge in [-0.1, -0.05) is 39.5 Å². The molecular weight excluding hydrogens is 244 g/mol. The topological polar surface area (TPSA) is 55.8 Å². The second-order valence-electron chi connectivity index (χ2n) is 5.61. The van der Waals surface area contributed by atoms with Gasteiger partial charge in [0.2, 0.25) is 0 Å². The van der Waals surface area contributed by atoms with Gasteiger partial charge in [-0.05, 0) is 33.6 Å². The molecule has 19 heavy (non-hydrogen) atoms. The van der Waals surface area contributed by atoms with Gasteiger partial charge >= 0.3 is 5.97 Å². The van der Waals surface area contributed by atoms with Crippen LogP contribution in [-0.2, 0) is 14.6 Å². The smallest absolute Gasteiger partial charge is 0.308 e. The van der Waals surface area contributed by atoms with E-state index >= 15 is 0 Å². The van der Waals surface area contributed by atoms with E-state index in [1.54, 1.807) is 20.8 Å². The summed E-state index contributed by atoms with van der Waals surface area (Å²) < 4.78 is 0. The SMILES string of the molecule is CC(C)(C)C(=O)O.CCCCCOOCCCCC. The van der Waals surface area contributed by atoms with Crippen molar-refractivity contribution in [1.82, 2.24) is 0 Å². The van der Waals surface area contributed by atoms with Crippen molar-refractivity contribution in [3.63, 3.8) is 0 Å². The Hall–Kier alpha value is -0.610. The Labute approximate surface area is 118 Å². The molecule has 116 valence electrons. The molecule has 0 spiro atoms. The molecular formula is C15H32O4.